The lowest BCUT2D eigenvalue weighted by Gasteiger charge is -2.28. The Labute approximate surface area is 85.6 Å². The topological polar surface area (TPSA) is 9.23 Å². The SMILES string of the molecule is CO[SiH](CC(C)(C)C)CC(C)(C)C. The first-order chi connectivity index (χ1) is 5.64. The van der Waals surface area contributed by atoms with Crippen molar-refractivity contribution in [3.8, 4) is 0 Å². The van der Waals surface area contributed by atoms with Crippen molar-refractivity contribution in [1.29, 1.82) is 0 Å². The molecule has 0 aromatic heterocycles. The zero-order valence-electron chi connectivity index (χ0n) is 10.4. The average Bonchev–Trinajstić information content (AvgIpc) is 1.79. The van der Waals surface area contributed by atoms with E-state index in [1.165, 1.54) is 12.1 Å². The summed E-state index contributed by atoms with van der Waals surface area (Å²) in [6, 6.07) is 2.56. The zero-order chi connectivity index (χ0) is 10.7. The molecule has 2 heteroatoms. The Balaban J connectivity index is 4.05. The Morgan fingerprint density at radius 1 is 0.846 bits per heavy atom. The molecule has 0 saturated heterocycles. The Hall–Kier alpha value is 0.177. The number of hydrogen-bond donors (Lipinski definition) is 0. The van der Waals surface area contributed by atoms with Crippen molar-refractivity contribution in [2.75, 3.05) is 7.11 Å². The van der Waals surface area contributed by atoms with Crippen LogP contribution in [0.1, 0.15) is 41.5 Å². The third kappa shape index (κ3) is 8.51. The van der Waals surface area contributed by atoms with Crippen LogP contribution in [0, 0.1) is 10.8 Å². The van der Waals surface area contributed by atoms with Gasteiger partial charge in [0.05, 0.1) is 0 Å². The monoisotopic (exact) mass is 202 g/mol. The number of hydrogen-bond acceptors (Lipinski definition) is 1. The molecule has 0 spiro atoms. The van der Waals surface area contributed by atoms with E-state index in [9.17, 15) is 0 Å². The van der Waals surface area contributed by atoms with Crippen LogP contribution >= 0.6 is 0 Å². The maximum absolute atomic E-state index is 5.64. The minimum absolute atomic E-state index is 0.429. The molecule has 0 saturated carbocycles. The van der Waals surface area contributed by atoms with E-state index >= 15 is 0 Å². The van der Waals surface area contributed by atoms with Crippen molar-refractivity contribution in [1.82, 2.24) is 0 Å². The third-order valence-electron chi connectivity index (χ3n) is 2.01. The van der Waals surface area contributed by atoms with Crippen LogP contribution in [0.2, 0.25) is 12.1 Å². The highest BCUT2D eigenvalue weighted by Gasteiger charge is 2.25. The fraction of sp³-hybridized carbons (Fsp3) is 1.00. The Morgan fingerprint density at radius 2 is 1.15 bits per heavy atom. The summed E-state index contributed by atoms with van der Waals surface area (Å²) < 4.78 is 5.64. The van der Waals surface area contributed by atoms with Crippen LogP contribution in [0.3, 0.4) is 0 Å². The molecule has 0 N–H and O–H groups in total. The minimum atomic E-state index is -0.963. The van der Waals surface area contributed by atoms with E-state index in [1.54, 1.807) is 0 Å². The molecule has 0 fully saturated rings. The van der Waals surface area contributed by atoms with Gasteiger partial charge in [-0.3, -0.25) is 0 Å². The van der Waals surface area contributed by atoms with Gasteiger partial charge in [0.1, 0.15) is 0 Å². The molecule has 0 amide bonds. The second kappa shape index (κ2) is 4.60. The molecule has 0 aromatic rings. The van der Waals surface area contributed by atoms with Gasteiger partial charge in [-0.05, 0) is 22.9 Å². The van der Waals surface area contributed by atoms with Crippen LogP contribution in [-0.2, 0) is 4.43 Å². The molecule has 80 valence electrons. The van der Waals surface area contributed by atoms with Crippen LogP contribution in [0.5, 0.6) is 0 Å². The van der Waals surface area contributed by atoms with E-state index in [0.29, 0.717) is 10.8 Å². The smallest absolute Gasteiger partial charge is 0.177 e. The maximum atomic E-state index is 5.64. The highest BCUT2D eigenvalue weighted by Crippen LogP contribution is 2.29. The summed E-state index contributed by atoms with van der Waals surface area (Å²) in [7, 11) is 0.920. The van der Waals surface area contributed by atoms with Gasteiger partial charge in [0.15, 0.2) is 9.04 Å². The molecule has 0 heterocycles. The first-order valence-electron chi connectivity index (χ1n) is 5.17. The molecule has 0 rings (SSSR count). The molecule has 0 aliphatic rings. The molecule has 0 atom stereocenters. The Bertz CT molecular complexity index is 125. The molecule has 1 nitrogen and oxygen atoms in total. The summed E-state index contributed by atoms with van der Waals surface area (Å²) >= 11 is 0. The van der Waals surface area contributed by atoms with Crippen molar-refractivity contribution in [2.45, 2.75) is 53.6 Å². The van der Waals surface area contributed by atoms with Gasteiger partial charge in [0, 0.05) is 7.11 Å². The second-order valence-electron chi connectivity index (χ2n) is 6.39. The van der Waals surface area contributed by atoms with Gasteiger partial charge in [0.25, 0.3) is 0 Å². The van der Waals surface area contributed by atoms with E-state index in [0.717, 1.165) is 0 Å². The summed E-state index contributed by atoms with van der Waals surface area (Å²) in [6.45, 7) is 13.8. The third-order valence-corrected chi connectivity index (χ3v) is 6.04. The first kappa shape index (κ1) is 13.2. The van der Waals surface area contributed by atoms with Crippen molar-refractivity contribution < 1.29 is 4.43 Å². The van der Waals surface area contributed by atoms with Crippen LogP contribution in [0.25, 0.3) is 0 Å². The average molecular weight is 202 g/mol. The van der Waals surface area contributed by atoms with Gasteiger partial charge in [-0.25, -0.2) is 0 Å². The van der Waals surface area contributed by atoms with E-state index in [1.807, 2.05) is 7.11 Å². The second-order valence-corrected chi connectivity index (χ2v) is 8.92. The van der Waals surface area contributed by atoms with Gasteiger partial charge >= 0.3 is 0 Å². The van der Waals surface area contributed by atoms with E-state index in [2.05, 4.69) is 41.5 Å². The predicted molar refractivity (Wildman–Crippen MR) is 62.7 cm³/mol. The van der Waals surface area contributed by atoms with Crippen molar-refractivity contribution in [3.05, 3.63) is 0 Å². The number of rotatable bonds is 3. The Morgan fingerprint density at radius 3 is 1.31 bits per heavy atom. The quantitative estimate of drug-likeness (QED) is 0.637. The summed E-state index contributed by atoms with van der Waals surface area (Å²) in [6.07, 6.45) is 0. The molecular formula is C11H26OSi. The van der Waals surface area contributed by atoms with Gasteiger partial charge in [-0.2, -0.15) is 0 Å². The van der Waals surface area contributed by atoms with Crippen molar-refractivity contribution >= 4 is 9.04 Å². The maximum Gasteiger partial charge on any atom is 0.177 e. The summed E-state index contributed by atoms with van der Waals surface area (Å²) in [5.74, 6) is 0. The van der Waals surface area contributed by atoms with Crippen molar-refractivity contribution in [2.24, 2.45) is 10.8 Å². The molecule has 0 aromatic carbocycles. The minimum Gasteiger partial charge on any atom is -0.423 e. The normalized spacial score (nSPS) is 13.8. The van der Waals surface area contributed by atoms with Crippen LogP contribution < -0.4 is 0 Å². The molecule has 13 heavy (non-hydrogen) atoms. The molecule has 0 radical (unpaired) electrons. The lowest BCUT2D eigenvalue weighted by Crippen LogP contribution is -2.27. The first-order valence-corrected chi connectivity index (χ1v) is 7.27. The van der Waals surface area contributed by atoms with Gasteiger partial charge in [-0.15, -0.1) is 0 Å². The zero-order valence-corrected chi connectivity index (χ0v) is 11.6. The fourth-order valence-electron chi connectivity index (χ4n) is 1.60. The van der Waals surface area contributed by atoms with Crippen LogP contribution in [0.4, 0.5) is 0 Å². The Kier molecular flexibility index (Phi) is 4.67. The standard InChI is InChI=1S/C11H26OSi/c1-10(2,3)8-13(12-7)9-11(4,5)6/h13H,8-9H2,1-7H3. The van der Waals surface area contributed by atoms with Crippen LogP contribution in [-0.4, -0.2) is 16.2 Å². The van der Waals surface area contributed by atoms with E-state index < -0.39 is 9.04 Å². The van der Waals surface area contributed by atoms with Gasteiger partial charge in [0.2, 0.25) is 0 Å². The summed E-state index contributed by atoms with van der Waals surface area (Å²) in [5.41, 5.74) is 0.857. The highest BCUT2D eigenvalue weighted by molar-refractivity contribution is 6.52. The highest BCUT2D eigenvalue weighted by atomic mass is 28.3. The van der Waals surface area contributed by atoms with E-state index in [-0.39, 0.29) is 0 Å². The fourth-order valence-corrected chi connectivity index (χ4v) is 4.81. The van der Waals surface area contributed by atoms with Crippen LogP contribution in [0.15, 0.2) is 0 Å². The molecule has 0 unspecified atom stereocenters. The van der Waals surface area contributed by atoms with Gasteiger partial charge < -0.3 is 4.43 Å². The van der Waals surface area contributed by atoms with Gasteiger partial charge in [-0.1, -0.05) is 41.5 Å². The van der Waals surface area contributed by atoms with E-state index in [4.69, 9.17) is 4.43 Å². The molecule has 0 aliphatic carbocycles. The predicted octanol–water partition coefficient (Wildman–Crippen LogP) is 3.45. The molecule has 0 bridgehead atoms. The lowest BCUT2D eigenvalue weighted by atomic mass is 10.00. The van der Waals surface area contributed by atoms with Crippen molar-refractivity contribution in [3.63, 3.8) is 0 Å². The summed E-state index contributed by atoms with van der Waals surface area (Å²) in [4.78, 5) is 0. The largest absolute Gasteiger partial charge is 0.423 e. The molecule has 0 aliphatic heterocycles. The lowest BCUT2D eigenvalue weighted by molar-refractivity contribution is 0.353. The molecular weight excluding hydrogens is 176 g/mol. The summed E-state index contributed by atoms with van der Waals surface area (Å²) in [5, 5.41) is 0.